The fourth-order valence-electron chi connectivity index (χ4n) is 0. The maximum Gasteiger partial charge on any atom is 2.00 e. The summed E-state index contributed by atoms with van der Waals surface area (Å²) in [6, 6.07) is 0. The molecule has 0 rings (SSSR count). The van der Waals surface area contributed by atoms with Crippen molar-refractivity contribution in [1.29, 1.82) is 0 Å². The van der Waals surface area contributed by atoms with Crippen LogP contribution in [0.15, 0.2) is 0 Å². The smallest absolute Gasteiger partial charge is 0.759 e. The van der Waals surface area contributed by atoms with Gasteiger partial charge in [0.2, 0.25) is 0 Å². The van der Waals surface area contributed by atoms with Crippen molar-refractivity contribution in [3.8, 4) is 0 Å². The molecule has 0 aliphatic carbocycles. The van der Waals surface area contributed by atoms with Crippen molar-refractivity contribution in [1.82, 2.24) is 0 Å². The normalized spacial score (nSPS) is 6.60. The largest absolute Gasteiger partial charge is 2.00 e. The number of rotatable bonds is 0. The van der Waals surface area contributed by atoms with E-state index in [-0.39, 0.29) is 67.7 Å². The van der Waals surface area contributed by atoms with E-state index in [4.69, 9.17) is 27.3 Å². The molecule has 0 aromatic rings. The second kappa shape index (κ2) is 13.3. The van der Waals surface area contributed by atoms with Crippen LogP contribution in [0.3, 0.4) is 0 Å². The zero-order chi connectivity index (χ0) is 7.21. The molecule has 0 aromatic heterocycles. The Morgan fingerprint density at radius 3 is 1.20 bits per heavy atom. The van der Waals surface area contributed by atoms with Crippen LogP contribution in [0.2, 0.25) is 0 Å². The van der Waals surface area contributed by atoms with E-state index in [1.54, 1.807) is 0 Å². The Morgan fingerprint density at radius 2 is 1.20 bits per heavy atom. The van der Waals surface area contributed by atoms with E-state index in [1.165, 1.54) is 0 Å². The molecule has 0 aliphatic heterocycles. The molecule has 0 saturated carbocycles. The van der Waals surface area contributed by atoms with Crippen LogP contribution in [0.25, 0.3) is 0 Å². The van der Waals surface area contributed by atoms with E-state index in [2.05, 4.69) is 0 Å². The molecular formula is BBaLiO6S. The average molecular weight is 283 g/mol. The van der Waals surface area contributed by atoms with Gasteiger partial charge >= 0.3 is 84.8 Å². The van der Waals surface area contributed by atoms with Crippen LogP contribution in [0.5, 0.6) is 0 Å². The van der Waals surface area contributed by atoms with Crippen LogP contribution >= 0.6 is 0 Å². The average Bonchev–Trinajstić information content (AvgIpc) is 1.27. The number of hydrogen-bond donors (Lipinski definition) is 0. The molecule has 0 aromatic carbocycles. The first kappa shape index (κ1) is 22.6. The molecule has 6 nitrogen and oxygen atoms in total. The Hall–Kier alpha value is 1.70. The Labute approximate surface area is 111 Å². The maximum absolute atomic E-state index is 8.52. The number of hydrogen-bond acceptors (Lipinski definition) is 6. The predicted octanol–water partition coefficient (Wildman–Crippen LogP) is -6.40. The third-order valence-corrected chi connectivity index (χ3v) is 0. The van der Waals surface area contributed by atoms with E-state index in [9.17, 15) is 0 Å². The minimum Gasteiger partial charge on any atom is -0.759 e. The molecule has 0 bridgehead atoms. The Balaban J connectivity index is -0.0000000326. The maximum atomic E-state index is 8.52. The van der Waals surface area contributed by atoms with Gasteiger partial charge < -0.3 is 9.11 Å². The summed E-state index contributed by atoms with van der Waals surface area (Å²) >= 11 is 0. The quantitative estimate of drug-likeness (QED) is 0.248. The second-order valence-corrected chi connectivity index (χ2v) is 1.32. The molecule has 0 heterocycles. The summed E-state index contributed by atoms with van der Waals surface area (Å²) in [5.41, 5.74) is 0. The topological polar surface area (TPSA) is 120 Å². The van der Waals surface area contributed by atoms with Crippen molar-refractivity contribution in [3.63, 3.8) is 0 Å². The van der Waals surface area contributed by atoms with Crippen LogP contribution in [0, 0.1) is 0 Å². The minimum atomic E-state index is -5.17. The summed E-state index contributed by atoms with van der Waals surface area (Å²) in [7, 11) is -5.67. The van der Waals surface area contributed by atoms with Gasteiger partial charge in [-0.3, -0.25) is 8.42 Å². The first-order valence-electron chi connectivity index (χ1n) is 1.14. The van der Waals surface area contributed by atoms with Crippen LogP contribution in [-0.2, 0) is 15.1 Å². The first-order chi connectivity index (χ1) is 3.41. The zero-order valence-corrected chi connectivity index (χ0v) is 10.4. The van der Waals surface area contributed by atoms with E-state index in [0.29, 0.717) is 0 Å². The molecule has 0 atom stereocenters. The molecule has 10 heavy (non-hydrogen) atoms. The summed E-state index contributed by atoms with van der Waals surface area (Å²) < 4.78 is 42.3. The van der Waals surface area contributed by atoms with E-state index in [1.807, 2.05) is 0 Å². The summed E-state index contributed by atoms with van der Waals surface area (Å²) in [5.74, 6) is 0. The van der Waals surface area contributed by atoms with Gasteiger partial charge in [0.05, 0.1) is 0 Å². The molecule has 0 radical (unpaired) electrons. The monoisotopic (exact) mass is 284 g/mol. The van der Waals surface area contributed by atoms with Crippen LogP contribution in [0.1, 0.15) is 0 Å². The van der Waals surface area contributed by atoms with Crippen molar-refractivity contribution >= 4 is 66.6 Å². The second-order valence-electron chi connectivity index (χ2n) is 0.504. The third kappa shape index (κ3) is 253. The van der Waals surface area contributed by atoms with Gasteiger partial charge in [-0.15, -0.1) is 0 Å². The predicted molar refractivity (Wildman–Crippen MR) is 22.7 cm³/mol. The SMILES string of the molecule is O=B[O-].O=S(=O)([O-])[O-].[Ba+2].[Li+]. The molecule has 0 fully saturated rings. The summed E-state index contributed by atoms with van der Waals surface area (Å²) in [4.78, 5) is 0. The molecule has 0 N–H and O–H groups in total. The fraction of sp³-hybridized carbons (Fsp3) is 0. The Bertz CT molecular complexity index is 132. The van der Waals surface area contributed by atoms with Crippen LogP contribution in [-0.4, -0.2) is 73.8 Å². The first-order valence-corrected chi connectivity index (χ1v) is 2.47. The summed E-state index contributed by atoms with van der Waals surface area (Å²) in [5, 5.41) is 8.25. The summed E-state index contributed by atoms with van der Waals surface area (Å²) in [6.07, 6.45) is 0. The van der Waals surface area contributed by atoms with E-state index >= 15 is 0 Å². The molecular weight excluding hydrogens is 283 g/mol. The third-order valence-electron chi connectivity index (χ3n) is 0. The molecule has 48 valence electrons. The van der Waals surface area contributed by atoms with Gasteiger partial charge in [-0.2, -0.15) is 0 Å². The van der Waals surface area contributed by atoms with Gasteiger partial charge in [-0.25, -0.2) is 0 Å². The van der Waals surface area contributed by atoms with Gasteiger partial charge in [0, 0.05) is 10.4 Å². The fourth-order valence-corrected chi connectivity index (χ4v) is 0. The molecule has 0 amide bonds. The van der Waals surface area contributed by atoms with Crippen molar-refractivity contribution in [2.45, 2.75) is 0 Å². The van der Waals surface area contributed by atoms with Crippen molar-refractivity contribution in [2.75, 3.05) is 0 Å². The van der Waals surface area contributed by atoms with Crippen molar-refractivity contribution in [2.24, 2.45) is 0 Å². The molecule has 0 aliphatic rings. The standard InChI is InChI=1S/BO2.Ba.Li.H2O4S/c2-1-3;;;1-5(2,3)4/h;;;(H2,1,2,3,4)/q-1;+2;+1;/p-2. The van der Waals surface area contributed by atoms with E-state index < -0.39 is 17.8 Å². The van der Waals surface area contributed by atoms with Gasteiger partial charge in [-0.05, 0) is 0 Å². The van der Waals surface area contributed by atoms with Gasteiger partial charge in [-0.1, -0.05) is 0 Å². The minimum absolute atomic E-state index is 0. The van der Waals surface area contributed by atoms with Crippen LogP contribution in [0.4, 0.5) is 0 Å². The van der Waals surface area contributed by atoms with Gasteiger partial charge in [0.1, 0.15) is 0 Å². The van der Waals surface area contributed by atoms with Crippen molar-refractivity contribution < 1.29 is 46.1 Å². The van der Waals surface area contributed by atoms with E-state index in [0.717, 1.165) is 0 Å². The molecule has 0 saturated heterocycles. The van der Waals surface area contributed by atoms with Gasteiger partial charge in [0.15, 0.2) is 0 Å². The Kier molecular flexibility index (Phi) is 30.1. The summed E-state index contributed by atoms with van der Waals surface area (Å²) in [6.45, 7) is 0. The zero-order valence-electron chi connectivity index (χ0n) is 5.14. The molecule has 0 spiro atoms. The van der Waals surface area contributed by atoms with Crippen LogP contribution < -0.4 is 23.9 Å². The molecule has 10 heteroatoms. The molecule has 0 unspecified atom stereocenters. The Morgan fingerprint density at radius 1 is 1.20 bits per heavy atom. The van der Waals surface area contributed by atoms with Gasteiger partial charge in [0.25, 0.3) is 0 Å². The van der Waals surface area contributed by atoms with Crippen molar-refractivity contribution in [3.05, 3.63) is 0 Å².